The van der Waals surface area contributed by atoms with Crippen molar-refractivity contribution in [3.63, 3.8) is 0 Å². The van der Waals surface area contributed by atoms with E-state index in [-0.39, 0.29) is 12.0 Å². The SMILES string of the molecule is Cc1cc(C(=O)N2CCC(Oc3cc(C#N)ccn3)C2)no1. The first-order chi connectivity index (χ1) is 10.7. The van der Waals surface area contributed by atoms with Crippen LogP contribution in [0.3, 0.4) is 0 Å². The third-order valence-corrected chi connectivity index (χ3v) is 3.43. The molecule has 0 N–H and O–H groups in total. The Morgan fingerprint density at radius 3 is 3.14 bits per heavy atom. The molecule has 1 atom stereocenters. The highest BCUT2D eigenvalue weighted by atomic mass is 16.5. The van der Waals surface area contributed by atoms with Gasteiger partial charge >= 0.3 is 0 Å². The van der Waals surface area contributed by atoms with Gasteiger partial charge in [-0.05, 0) is 13.0 Å². The Morgan fingerprint density at radius 1 is 1.55 bits per heavy atom. The minimum absolute atomic E-state index is 0.140. The summed E-state index contributed by atoms with van der Waals surface area (Å²) in [6.07, 6.45) is 2.10. The smallest absolute Gasteiger partial charge is 0.276 e. The minimum atomic E-state index is -0.165. The van der Waals surface area contributed by atoms with Crippen LogP contribution >= 0.6 is 0 Å². The van der Waals surface area contributed by atoms with Crippen LogP contribution < -0.4 is 4.74 Å². The van der Waals surface area contributed by atoms with Crippen LogP contribution in [-0.4, -0.2) is 40.1 Å². The summed E-state index contributed by atoms with van der Waals surface area (Å²) in [4.78, 5) is 18.0. The number of carbonyl (C=O) groups is 1. The molecular formula is C15H14N4O3. The van der Waals surface area contributed by atoms with Gasteiger partial charge in [0.2, 0.25) is 5.88 Å². The lowest BCUT2D eigenvalue weighted by Gasteiger charge is -2.15. The number of pyridine rings is 1. The van der Waals surface area contributed by atoms with Crippen LogP contribution in [0.1, 0.15) is 28.2 Å². The summed E-state index contributed by atoms with van der Waals surface area (Å²) in [5.74, 6) is 0.838. The molecule has 2 aromatic heterocycles. The number of carbonyl (C=O) groups excluding carboxylic acids is 1. The first-order valence-corrected chi connectivity index (χ1v) is 6.91. The normalized spacial score (nSPS) is 17.3. The Hall–Kier alpha value is -2.88. The van der Waals surface area contributed by atoms with Crippen LogP contribution in [0.5, 0.6) is 5.88 Å². The minimum Gasteiger partial charge on any atom is -0.472 e. The van der Waals surface area contributed by atoms with Crippen molar-refractivity contribution in [2.75, 3.05) is 13.1 Å². The second kappa shape index (κ2) is 5.85. The summed E-state index contributed by atoms with van der Waals surface area (Å²) in [5.41, 5.74) is 0.803. The average molecular weight is 298 g/mol. The van der Waals surface area contributed by atoms with E-state index in [1.165, 1.54) is 6.20 Å². The van der Waals surface area contributed by atoms with Gasteiger partial charge in [-0.3, -0.25) is 4.79 Å². The Labute approximate surface area is 127 Å². The predicted octanol–water partition coefficient (Wildman–Crippen LogP) is 1.54. The zero-order valence-corrected chi connectivity index (χ0v) is 12.0. The van der Waals surface area contributed by atoms with Crippen molar-refractivity contribution in [1.82, 2.24) is 15.0 Å². The van der Waals surface area contributed by atoms with Gasteiger partial charge in [0.25, 0.3) is 5.91 Å². The molecule has 3 rings (SSSR count). The first kappa shape index (κ1) is 14.1. The van der Waals surface area contributed by atoms with E-state index in [2.05, 4.69) is 10.1 Å². The third kappa shape index (κ3) is 2.91. The Balaban J connectivity index is 1.62. The number of aromatic nitrogens is 2. The van der Waals surface area contributed by atoms with Crippen LogP contribution in [0.25, 0.3) is 0 Å². The number of nitrogens with zero attached hydrogens (tertiary/aromatic N) is 4. The lowest BCUT2D eigenvalue weighted by molar-refractivity contribution is 0.0761. The average Bonchev–Trinajstić information content (AvgIpc) is 3.16. The van der Waals surface area contributed by atoms with Crippen molar-refractivity contribution in [2.24, 2.45) is 0 Å². The lowest BCUT2D eigenvalue weighted by atomic mass is 10.3. The Bertz CT molecular complexity index is 734. The molecule has 0 spiro atoms. The topological polar surface area (TPSA) is 92.2 Å². The van der Waals surface area contributed by atoms with E-state index in [4.69, 9.17) is 14.5 Å². The van der Waals surface area contributed by atoms with E-state index in [1.807, 2.05) is 6.07 Å². The Morgan fingerprint density at radius 2 is 2.41 bits per heavy atom. The fraction of sp³-hybridized carbons (Fsp3) is 0.333. The number of nitriles is 1. The molecule has 0 radical (unpaired) electrons. The highest BCUT2D eigenvalue weighted by molar-refractivity contribution is 5.92. The van der Waals surface area contributed by atoms with Gasteiger partial charge in [-0.2, -0.15) is 5.26 Å². The van der Waals surface area contributed by atoms with Crippen molar-refractivity contribution in [2.45, 2.75) is 19.4 Å². The quantitative estimate of drug-likeness (QED) is 0.853. The zero-order valence-electron chi connectivity index (χ0n) is 12.0. The van der Waals surface area contributed by atoms with Crippen molar-refractivity contribution < 1.29 is 14.1 Å². The molecule has 0 saturated carbocycles. The third-order valence-electron chi connectivity index (χ3n) is 3.43. The molecule has 112 valence electrons. The van der Waals surface area contributed by atoms with Crippen molar-refractivity contribution >= 4 is 5.91 Å². The highest BCUT2D eigenvalue weighted by Gasteiger charge is 2.30. The maximum absolute atomic E-state index is 12.2. The molecule has 1 fully saturated rings. The Kier molecular flexibility index (Phi) is 3.74. The summed E-state index contributed by atoms with van der Waals surface area (Å²) >= 11 is 0. The maximum Gasteiger partial charge on any atom is 0.276 e. The summed E-state index contributed by atoms with van der Waals surface area (Å²) < 4.78 is 10.7. The van der Waals surface area contributed by atoms with Gasteiger partial charge in [0.1, 0.15) is 11.9 Å². The highest BCUT2D eigenvalue weighted by Crippen LogP contribution is 2.19. The number of hydrogen-bond donors (Lipinski definition) is 0. The van der Waals surface area contributed by atoms with Crippen LogP contribution in [0.4, 0.5) is 0 Å². The molecule has 1 unspecified atom stereocenters. The van der Waals surface area contributed by atoms with E-state index in [0.717, 1.165) is 0 Å². The molecule has 2 aromatic rings. The van der Waals surface area contributed by atoms with E-state index >= 15 is 0 Å². The number of rotatable bonds is 3. The van der Waals surface area contributed by atoms with Gasteiger partial charge < -0.3 is 14.2 Å². The summed E-state index contributed by atoms with van der Waals surface area (Å²) in [7, 11) is 0. The van der Waals surface area contributed by atoms with Crippen molar-refractivity contribution in [3.8, 4) is 11.9 Å². The van der Waals surface area contributed by atoms with E-state index < -0.39 is 0 Å². The molecule has 1 aliphatic rings. The molecule has 7 heteroatoms. The van der Waals surface area contributed by atoms with Gasteiger partial charge in [-0.15, -0.1) is 0 Å². The zero-order chi connectivity index (χ0) is 15.5. The molecule has 1 saturated heterocycles. The van der Waals surface area contributed by atoms with E-state index in [9.17, 15) is 4.79 Å². The van der Waals surface area contributed by atoms with Crippen LogP contribution in [0.15, 0.2) is 28.9 Å². The van der Waals surface area contributed by atoms with Crippen LogP contribution in [0.2, 0.25) is 0 Å². The number of hydrogen-bond acceptors (Lipinski definition) is 6. The number of aryl methyl sites for hydroxylation is 1. The molecular weight excluding hydrogens is 284 g/mol. The fourth-order valence-corrected chi connectivity index (χ4v) is 2.35. The fourth-order valence-electron chi connectivity index (χ4n) is 2.35. The van der Waals surface area contributed by atoms with Gasteiger partial charge in [-0.25, -0.2) is 4.98 Å². The number of ether oxygens (including phenoxy) is 1. The van der Waals surface area contributed by atoms with Crippen LogP contribution in [-0.2, 0) is 0 Å². The standard InChI is InChI=1S/C15H14N4O3/c1-10-6-13(18-22-10)15(20)19-5-3-12(9-19)21-14-7-11(8-16)2-4-17-14/h2,4,6-7,12H,3,5,9H2,1H3. The largest absolute Gasteiger partial charge is 0.472 e. The molecule has 0 bridgehead atoms. The first-order valence-electron chi connectivity index (χ1n) is 6.91. The second-order valence-corrected chi connectivity index (χ2v) is 5.10. The van der Waals surface area contributed by atoms with Gasteiger partial charge in [0, 0.05) is 31.3 Å². The molecule has 0 aliphatic carbocycles. The molecule has 0 aromatic carbocycles. The number of amides is 1. The lowest BCUT2D eigenvalue weighted by Crippen LogP contribution is -2.31. The number of likely N-dealkylation sites (tertiary alicyclic amines) is 1. The van der Waals surface area contributed by atoms with Crippen molar-refractivity contribution in [1.29, 1.82) is 5.26 Å². The molecule has 3 heterocycles. The summed E-state index contributed by atoms with van der Waals surface area (Å²) in [6.45, 7) is 2.80. The summed E-state index contributed by atoms with van der Waals surface area (Å²) in [6, 6.07) is 6.86. The second-order valence-electron chi connectivity index (χ2n) is 5.10. The molecule has 1 amide bonds. The molecule has 1 aliphatic heterocycles. The maximum atomic E-state index is 12.2. The van der Waals surface area contributed by atoms with Gasteiger partial charge in [0.05, 0.1) is 18.2 Å². The molecule has 22 heavy (non-hydrogen) atoms. The monoisotopic (exact) mass is 298 g/mol. The van der Waals surface area contributed by atoms with E-state index in [0.29, 0.717) is 42.4 Å². The van der Waals surface area contributed by atoms with Gasteiger partial charge in [0.15, 0.2) is 5.69 Å². The summed E-state index contributed by atoms with van der Waals surface area (Å²) in [5, 5.41) is 12.6. The van der Waals surface area contributed by atoms with Crippen molar-refractivity contribution in [3.05, 3.63) is 41.4 Å². The molecule has 7 nitrogen and oxygen atoms in total. The van der Waals surface area contributed by atoms with Crippen LogP contribution in [0, 0.1) is 18.3 Å². The predicted molar refractivity (Wildman–Crippen MR) is 75.1 cm³/mol. The van der Waals surface area contributed by atoms with Gasteiger partial charge in [-0.1, -0.05) is 5.16 Å². The van der Waals surface area contributed by atoms with E-state index in [1.54, 1.807) is 30.0 Å².